The molecule has 0 radical (unpaired) electrons. The summed E-state index contributed by atoms with van der Waals surface area (Å²) in [6, 6.07) is 4.17. The topological polar surface area (TPSA) is 51.8 Å². The van der Waals surface area contributed by atoms with Crippen LogP contribution in [0.1, 0.15) is 22.9 Å². The molecule has 0 amide bonds. The van der Waals surface area contributed by atoms with Gasteiger partial charge in [-0.2, -0.15) is 0 Å². The zero-order valence-electron chi connectivity index (χ0n) is 8.89. The van der Waals surface area contributed by atoms with Gasteiger partial charge in [0.1, 0.15) is 5.82 Å². The first-order chi connectivity index (χ1) is 7.70. The minimum Gasteiger partial charge on any atom is -0.319 e. The molecule has 0 aliphatic carbocycles. The number of aryl methyl sites for hydroxylation is 1. The Bertz CT molecular complexity index is 454. The maximum atomic E-state index is 13.5. The van der Waals surface area contributed by atoms with Gasteiger partial charge >= 0.3 is 0 Å². The van der Waals surface area contributed by atoms with Crippen molar-refractivity contribution in [1.82, 2.24) is 9.97 Å². The molecule has 2 aromatic heterocycles. The van der Waals surface area contributed by atoms with Gasteiger partial charge in [0, 0.05) is 18.6 Å². The Kier molecular flexibility index (Phi) is 2.92. The largest absolute Gasteiger partial charge is 0.319 e. The summed E-state index contributed by atoms with van der Waals surface area (Å²) in [5.41, 5.74) is 8.00. The summed E-state index contributed by atoms with van der Waals surface area (Å²) in [6.07, 6.45) is 4.86. The molecule has 1 atom stereocenters. The van der Waals surface area contributed by atoms with Crippen molar-refractivity contribution < 1.29 is 4.39 Å². The standard InChI is InChI=1S/C12H12FN3/c1-8-4-6-15-7-9(8)11(14)12-10(13)3-2-5-16-12/h2-7,11H,14H2,1H3. The number of nitrogens with two attached hydrogens (primary N) is 1. The molecule has 0 fully saturated rings. The van der Waals surface area contributed by atoms with Crippen LogP contribution in [0.3, 0.4) is 0 Å². The molecular formula is C12H12FN3. The molecule has 0 aromatic carbocycles. The van der Waals surface area contributed by atoms with Gasteiger partial charge in [-0.15, -0.1) is 0 Å². The van der Waals surface area contributed by atoms with Crippen molar-refractivity contribution in [2.75, 3.05) is 0 Å². The molecule has 1 unspecified atom stereocenters. The van der Waals surface area contributed by atoms with Crippen molar-refractivity contribution in [3.63, 3.8) is 0 Å². The molecule has 2 rings (SSSR count). The highest BCUT2D eigenvalue weighted by molar-refractivity contribution is 5.31. The average Bonchev–Trinajstić information content (AvgIpc) is 2.29. The molecule has 82 valence electrons. The maximum Gasteiger partial charge on any atom is 0.146 e. The van der Waals surface area contributed by atoms with Crippen molar-refractivity contribution in [1.29, 1.82) is 0 Å². The van der Waals surface area contributed by atoms with Crippen LogP contribution in [0.15, 0.2) is 36.8 Å². The van der Waals surface area contributed by atoms with E-state index in [-0.39, 0.29) is 5.69 Å². The second-order valence-corrected chi connectivity index (χ2v) is 3.58. The molecule has 2 heterocycles. The Morgan fingerprint density at radius 3 is 2.81 bits per heavy atom. The molecular weight excluding hydrogens is 205 g/mol. The normalized spacial score (nSPS) is 12.4. The van der Waals surface area contributed by atoms with Gasteiger partial charge in [-0.3, -0.25) is 9.97 Å². The Labute approximate surface area is 93.2 Å². The van der Waals surface area contributed by atoms with Crippen LogP contribution >= 0.6 is 0 Å². The van der Waals surface area contributed by atoms with Crippen molar-refractivity contribution in [2.45, 2.75) is 13.0 Å². The molecule has 16 heavy (non-hydrogen) atoms. The fourth-order valence-corrected chi connectivity index (χ4v) is 1.58. The third kappa shape index (κ3) is 1.92. The number of rotatable bonds is 2. The quantitative estimate of drug-likeness (QED) is 0.836. The molecule has 0 aliphatic heterocycles. The Morgan fingerprint density at radius 1 is 1.31 bits per heavy atom. The van der Waals surface area contributed by atoms with Gasteiger partial charge < -0.3 is 5.73 Å². The number of nitrogens with zero attached hydrogens (tertiary/aromatic N) is 2. The molecule has 0 spiro atoms. The summed E-state index contributed by atoms with van der Waals surface area (Å²) in [5.74, 6) is -0.391. The minimum absolute atomic E-state index is 0.249. The van der Waals surface area contributed by atoms with Crippen LogP contribution in [-0.4, -0.2) is 9.97 Å². The number of pyridine rings is 2. The van der Waals surface area contributed by atoms with Crippen LogP contribution in [0, 0.1) is 12.7 Å². The van der Waals surface area contributed by atoms with Crippen LogP contribution in [0.4, 0.5) is 4.39 Å². The zero-order valence-corrected chi connectivity index (χ0v) is 8.89. The monoisotopic (exact) mass is 217 g/mol. The first kappa shape index (κ1) is 10.7. The van der Waals surface area contributed by atoms with Gasteiger partial charge in [0.15, 0.2) is 0 Å². The van der Waals surface area contributed by atoms with Crippen LogP contribution in [0.2, 0.25) is 0 Å². The Hall–Kier alpha value is -1.81. The lowest BCUT2D eigenvalue weighted by molar-refractivity contribution is 0.585. The van der Waals surface area contributed by atoms with E-state index < -0.39 is 11.9 Å². The molecule has 3 nitrogen and oxygen atoms in total. The van der Waals surface area contributed by atoms with Gasteiger partial charge in [-0.1, -0.05) is 0 Å². The van der Waals surface area contributed by atoms with Crippen molar-refractivity contribution in [3.05, 3.63) is 59.4 Å². The fraction of sp³-hybridized carbons (Fsp3) is 0.167. The number of hydrogen-bond donors (Lipinski definition) is 1. The first-order valence-corrected chi connectivity index (χ1v) is 4.96. The highest BCUT2D eigenvalue weighted by Gasteiger charge is 2.16. The smallest absolute Gasteiger partial charge is 0.146 e. The summed E-state index contributed by atoms with van der Waals surface area (Å²) in [6.45, 7) is 1.91. The Balaban J connectivity index is 2.44. The van der Waals surface area contributed by atoms with Crippen LogP contribution in [0.5, 0.6) is 0 Å². The predicted octanol–water partition coefficient (Wildman–Crippen LogP) is 1.97. The third-order valence-electron chi connectivity index (χ3n) is 2.50. The summed E-state index contributed by atoms with van der Waals surface area (Å²) < 4.78 is 13.5. The summed E-state index contributed by atoms with van der Waals surface area (Å²) in [5, 5.41) is 0. The molecule has 2 N–H and O–H groups in total. The number of aromatic nitrogens is 2. The Morgan fingerprint density at radius 2 is 2.12 bits per heavy atom. The number of hydrogen-bond acceptors (Lipinski definition) is 3. The summed E-state index contributed by atoms with van der Waals surface area (Å²) >= 11 is 0. The lowest BCUT2D eigenvalue weighted by Crippen LogP contribution is -2.16. The minimum atomic E-state index is -0.574. The maximum absolute atomic E-state index is 13.5. The second-order valence-electron chi connectivity index (χ2n) is 3.58. The van der Waals surface area contributed by atoms with Crippen LogP contribution < -0.4 is 5.73 Å². The average molecular weight is 217 g/mol. The lowest BCUT2D eigenvalue weighted by Gasteiger charge is -2.13. The lowest BCUT2D eigenvalue weighted by atomic mass is 10.0. The van der Waals surface area contributed by atoms with Crippen LogP contribution in [-0.2, 0) is 0 Å². The summed E-state index contributed by atoms with van der Waals surface area (Å²) in [4.78, 5) is 7.96. The molecule has 0 bridgehead atoms. The van der Waals surface area contributed by atoms with E-state index in [4.69, 9.17) is 5.73 Å². The van der Waals surface area contributed by atoms with E-state index >= 15 is 0 Å². The molecule has 2 aromatic rings. The van der Waals surface area contributed by atoms with Gasteiger partial charge in [0.05, 0.1) is 11.7 Å². The SMILES string of the molecule is Cc1ccncc1C(N)c1ncccc1F. The van der Waals surface area contributed by atoms with Gasteiger partial charge in [-0.25, -0.2) is 4.39 Å². The zero-order chi connectivity index (χ0) is 11.5. The second kappa shape index (κ2) is 4.37. The van der Waals surface area contributed by atoms with Crippen molar-refractivity contribution in [3.8, 4) is 0 Å². The van der Waals surface area contributed by atoms with E-state index in [0.29, 0.717) is 0 Å². The fourth-order valence-electron chi connectivity index (χ4n) is 1.58. The predicted molar refractivity (Wildman–Crippen MR) is 59.2 cm³/mol. The number of halogens is 1. The van der Waals surface area contributed by atoms with E-state index in [1.54, 1.807) is 18.5 Å². The van der Waals surface area contributed by atoms with E-state index in [2.05, 4.69) is 9.97 Å². The van der Waals surface area contributed by atoms with Crippen molar-refractivity contribution in [2.24, 2.45) is 5.73 Å². The first-order valence-electron chi connectivity index (χ1n) is 4.96. The highest BCUT2D eigenvalue weighted by atomic mass is 19.1. The van der Waals surface area contributed by atoms with E-state index in [1.165, 1.54) is 12.3 Å². The molecule has 0 saturated carbocycles. The van der Waals surface area contributed by atoms with E-state index in [9.17, 15) is 4.39 Å². The molecule has 0 aliphatic rings. The van der Waals surface area contributed by atoms with Gasteiger partial charge in [0.25, 0.3) is 0 Å². The molecule has 4 heteroatoms. The third-order valence-corrected chi connectivity index (χ3v) is 2.50. The van der Waals surface area contributed by atoms with Crippen LogP contribution in [0.25, 0.3) is 0 Å². The van der Waals surface area contributed by atoms with E-state index in [0.717, 1.165) is 11.1 Å². The highest BCUT2D eigenvalue weighted by Crippen LogP contribution is 2.21. The summed E-state index contributed by atoms with van der Waals surface area (Å²) in [7, 11) is 0. The molecule has 0 saturated heterocycles. The van der Waals surface area contributed by atoms with Crippen molar-refractivity contribution >= 4 is 0 Å². The van der Waals surface area contributed by atoms with E-state index in [1.807, 2.05) is 13.0 Å². The van der Waals surface area contributed by atoms with Gasteiger partial charge in [-0.05, 0) is 36.2 Å². The van der Waals surface area contributed by atoms with Gasteiger partial charge in [0.2, 0.25) is 0 Å².